The summed E-state index contributed by atoms with van der Waals surface area (Å²) in [4.78, 5) is 24.1. The molecule has 1 saturated heterocycles. The highest BCUT2D eigenvalue weighted by molar-refractivity contribution is 6.31. The normalized spacial score (nSPS) is 21.5. The molecule has 5 nitrogen and oxygen atoms in total. The lowest BCUT2D eigenvalue weighted by molar-refractivity contribution is -0.131. The Bertz CT molecular complexity index is 575. The number of aromatic hydroxyl groups is 1. The molecule has 2 rings (SSSR count). The summed E-state index contributed by atoms with van der Waals surface area (Å²) in [7, 11) is 0. The minimum atomic E-state index is -0.393. The van der Waals surface area contributed by atoms with E-state index in [0.717, 1.165) is 6.42 Å². The van der Waals surface area contributed by atoms with Crippen molar-refractivity contribution in [3.63, 3.8) is 0 Å². The van der Waals surface area contributed by atoms with Crippen LogP contribution < -0.4 is 10.6 Å². The number of rotatable bonds is 4. The Morgan fingerprint density at radius 2 is 2.23 bits per heavy atom. The molecule has 0 saturated carbocycles. The van der Waals surface area contributed by atoms with Gasteiger partial charge < -0.3 is 15.7 Å². The second kappa shape index (κ2) is 7.01. The highest BCUT2D eigenvalue weighted by Gasteiger charge is 2.31. The molecule has 120 valence electrons. The van der Waals surface area contributed by atoms with Crippen molar-refractivity contribution in [1.82, 2.24) is 5.32 Å². The number of hydrogen-bond acceptors (Lipinski definition) is 3. The number of halogens is 1. The fraction of sp³-hybridized carbons (Fsp3) is 0.500. The molecule has 1 aromatic carbocycles. The molecule has 1 fully saturated rings. The maximum atomic E-state index is 12.4. The van der Waals surface area contributed by atoms with Crippen LogP contribution in [0.25, 0.3) is 0 Å². The lowest BCUT2D eigenvalue weighted by Crippen LogP contribution is -2.46. The molecule has 22 heavy (non-hydrogen) atoms. The highest BCUT2D eigenvalue weighted by atomic mass is 35.5. The predicted molar refractivity (Wildman–Crippen MR) is 85.9 cm³/mol. The number of phenolic OH excluding ortho intramolecular Hbond substituents is 1. The van der Waals surface area contributed by atoms with Gasteiger partial charge in [-0.1, -0.05) is 25.4 Å². The summed E-state index contributed by atoms with van der Waals surface area (Å²) in [5.41, 5.74) is 0.267. The molecule has 1 aliphatic rings. The van der Waals surface area contributed by atoms with E-state index in [-0.39, 0.29) is 35.7 Å². The first-order valence-corrected chi connectivity index (χ1v) is 7.81. The number of amides is 2. The molecule has 3 N–H and O–H groups in total. The van der Waals surface area contributed by atoms with Crippen LogP contribution in [0.2, 0.25) is 5.02 Å². The van der Waals surface area contributed by atoms with Gasteiger partial charge in [0.25, 0.3) is 0 Å². The molecule has 0 bridgehead atoms. The van der Waals surface area contributed by atoms with Crippen LogP contribution in [0.1, 0.15) is 33.1 Å². The molecule has 6 heteroatoms. The van der Waals surface area contributed by atoms with Crippen LogP contribution in [0.3, 0.4) is 0 Å². The largest absolute Gasteiger partial charge is 0.506 e. The van der Waals surface area contributed by atoms with Crippen molar-refractivity contribution in [3.8, 4) is 5.75 Å². The van der Waals surface area contributed by atoms with Crippen LogP contribution in [-0.2, 0) is 9.59 Å². The van der Waals surface area contributed by atoms with Crippen molar-refractivity contribution in [1.29, 1.82) is 0 Å². The zero-order chi connectivity index (χ0) is 16.3. The van der Waals surface area contributed by atoms with Crippen molar-refractivity contribution in [3.05, 3.63) is 23.2 Å². The topological polar surface area (TPSA) is 78.4 Å². The summed E-state index contributed by atoms with van der Waals surface area (Å²) in [6.45, 7) is 4.17. The Kier molecular flexibility index (Phi) is 5.29. The van der Waals surface area contributed by atoms with E-state index in [9.17, 15) is 14.7 Å². The molecular weight excluding hydrogens is 304 g/mol. The van der Waals surface area contributed by atoms with E-state index in [4.69, 9.17) is 11.6 Å². The van der Waals surface area contributed by atoms with Gasteiger partial charge in [-0.15, -0.1) is 0 Å². The first kappa shape index (κ1) is 16.6. The average Bonchev–Trinajstić information content (AvgIpc) is 2.41. The molecule has 1 aliphatic heterocycles. The standard InChI is InChI=1S/C16H21ClN2O3/c1-9(2)5-12-6-10(7-15(21)18-12)16(22)19-13-8-11(17)3-4-14(13)20/h3-4,8-10,12,20H,5-7H2,1-2H3,(H,18,21)(H,19,22). The van der Waals surface area contributed by atoms with Crippen LogP contribution in [0.4, 0.5) is 5.69 Å². The molecule has 0 aliphatic carbocycles. The van der Waals surface area contributed by atoms with E-state index in [2.05, 4.69) is 24.5 Å². The van der Waals surface area contributed by atoms with Crippen molar-refractivity contribution in [2.75, 3.05) is 5.32 Å². The second-order valence-corrected chi connectivity index (χ2v) is 6.62. The van der Waals surface area contributed by atoms with Gasteiger partial charge in [0.05, 0.1) is 5.69 Å². The quantitative estimate of drug-likeness (QED) is 0.745. The lowest BCUT2D eigenvalue weighted by atomic mass is 9.87. The van der Waals surface area contributed by atoms with E-state index in [0.29, 0.717) is 17.4 Å². The van der Waals surface area contributed by atoms with Crippen molar-refractivity contribution in [2.24, 2.45) is 11.8 Å². The molecule has 1 heterocycles. The highest BCUT2D eigenvalue weighted by Crippen LogP contribution is 2.29. The summed E-state index contributed by atoms with van der Waals surface area (Å²) in [5, 5.41) is 15.8. The number of carbonyl (C=O) groups is 2. The number of piperidine rings is 1. The van der Waals surface area contributed by atoms with Crippen LogP contribution in [-0.4, -0.2) is 23.0 Å². The fourth-order valence-electron chi connectivity index (χ4n) is 2.76. The minimum absolute atomic E-state index is 0.0185. The summed E-state index contributed by atoms with van der Waals surface area (Å²) in [5.74, 6) is -0.356. The Hall–Kier alpha value is -1.75. The summed E-state index contributed by atoms with van der Waals surface area (Å²) in [6, 6.07) is 4.47. The smallest absolute Gasteiger partial charge is 0.228 e. The Labute approximate surface area is 135 Å². The molecule has 0 radical (unpaired) electrons. The number of benzene rings is 1. The third kappa shape index (κ3) is 4.37. The SMILES string of the molecule is CC(C)CC1CC(C(=O)Nc2cc(Cl)ccc2O)CC(=O)N1. The van der Waals surface area contributed by atoms with E-state index in [1.165, 1.54) is 12.1 Å². The second-order valence-electron chi connectivity index (χ2n) is 6.18. The third-order valence-electron chi connectivity index (χ3n) is 3.71. The van der Waals surface area contributed by atoms with Crippen LogP contribution in [0, 0.1) is 11.8 Å². The number of phenols is 1. The fourth-order valence-corrected chi connectivity index (χ4v) is 2.94. The maximum Gasteiger partial charge on any atom is 0.228 e. The van der Waals surface area contributed by atoms with Crippen molar-refractivity contribution >= 4 is 29.1 Å². The predicted octanol–water partition coefficient (Wildman–Crippen LogP) is 2.93. The molecule has 0 spiro atoms. The van der Waals surface area contributed by atoms with Gasteiger partial charge in [0, 0.05) is 23.4 Å². The zero-order valence-corrected chi connectivity index (χ0v) is 13.5. The third-order valence-corrected chi connectivity index (χ3v) is 3.94. The molecule has 1 aromatic rings. The maximum absolute atomic E-state index is 12.4. The number of hydrogen-bond donors (Lipinski definition) is 3. The van der Waals surface area contributed by atoms with Gasteiger partial charge in [0.1, 0.15) is 5.75 Å². The summed E-state index contributed by atoms with van der Waals surface area (Å²) < 4.78 is 0. The van der Waals surface area contributed by atoms with Crippen molar-refractivity contribution < 1.29 is 14.7 Å². The molecule has 2 unspecified atom stereocenters. The molecule has 2 atom stereocenters. The number of anilines is 1. The Morgan fingerprint density at radius 1 is 1.50 bits per heavy atom. The van der Waals surface area contributed by atoms with E-state index < -0.39 is 5.92 Å². The first-order valence-electron chi connectivity index (χ1n) is 7.44. The van der Waals surface area contributed by atoms with Crippen molar-refractivity contribution in [2.45, 2.75) is 39.2 Å². The summed E-state index contributed by atoms with van der Waals surface area (Å²) in [6.07, 6.45) is 1.62. The minimum Gasteiger partial charge on any atom is -0.506 e. The van der Waals surface area contributed by atoms with E-state index >= 15 is 0 Å². The molecule has 2 amide bonds. The number of nitrogens with one attached hydrogen (secondary N) is 2. The van der Waals surface area contributed by atoms with Gasteiger partial charge in [-0.05, 0) is 37.0 Å². The summed E-state index contributed by atoms with van der Waals surface area (Å²) >= 11 is 5.86. The first-order chi connectivity index (χ1) is 10.3. The van der Waals surface area contributed by atoms with Gasteiger partial charge in [0.2, 0.25) is 11.8 Å². The van der Waals surface area contributed by atoms with Crippen LogP contribution in [0.15, 0.2) is 18.2 Å². The van der Waals surface area contributed by atoms with Crippen LogP contribution >= 0.6 is 11.6 Å². The zero-order valence-electron chi connectivity index (χ0n) is 12.7. The van der Waals surface area contributed by atoms with E-state index in [1.807, 2.05) is 0 Å². The Morgan fingerprint density at radius 3 is 2.91 bits per heavy atom. The molecule has 0 aromatic heterocycles. The monoisotopic (exact) mass is 324 g/mol. The van der Waals surface area contributed by atoms with Crippen LogP contribution in [0.5, 0.6) is 5.75 Å². The van der Waals surface area contributed by atoms with Gasteiger partial charge >= 0.3 is 0 Å². The van der Waals surface area contributed by atoms with Gasteiger partial charge in [0.15, 0.2) is 0 Å². The van der Waals surface area contributed by atoms with E-state index in [1.54, 1.807) is 6.07 Å². The average molecular weight is 325 g/mol. The lowest BCUT2D eigenvalue weighted by Gasteiger charge is -2.30. The van der Waals surface area contributed by atoms with Gasteiger partial charge in [-0.3, -0.25) is 9.59 Å². The Balaban J connectivity index is 2.04. The number of carbonyl (C=O) groups excluding carboxylic acids is 2. The van der Waals surface area contributed by atoms with Gasteiger partial charge in [-0.2, -0.15) is 0 Å². The van der Waals surface area contributed by atoms with Gasteiger partial charge in [-0.25, -0.2) is 0 Å². The molecular formula is C16H21ClN2O3.